The van der Waals surface area contributed by atoms with Crippen LogP contribution in [-0.4, -0.2) is 18.0 Å². The Hall–Kier alpha value is -0.620. The molecular weight excluding hydrogens is 312 g/mol. The Balaban J connectivity index is 2.15. The van der Waals surface area contributed by atoms with Crippen LogP contribution in [0.25, 0.3) is 0 Å². The molecule has 0 saturated carbocycles. The summed E-state index contributed by atoms with van der Waals surface area (Å²) in [6, 6.07) is 8.35. The van der Waals surface area contributed by atoms with Gasteiger partial charge in [-0.1, -0.05) is 0 Å². The van der Waals surface area contributed by atoms with Crippen molar-refractivity contribution >= 4 is 27.3 Å². The maximum atomic E-state index is 6.13. The van der Waals surface area contributed by atoms with E-state index in [1.165, 1.54) is 4.88 Å². The first kappa shape index (κ1) is 13.8. The predicted molar refractivity (Wildman–Crippen MR) is 78.6 cm³/mol. The van der Waals surface area contributed by atoms with Crippen LogP contribution in [0.5, 0.6) is 0 Å². The minimum atomic E-state index is 0.0653. The van der Waals surface area contributed by atoms with Gasteiger partial charge in [-0.15, -0.1) is 11.3 Å². The SMILES string of the molecule is CC(N)C(c1ccc(Br)s1)N(C)Cc1ccco1. The number of hydrogen-bond donors (Lipinski definition) is 1. The maximum Gasteiger partial charge on any atom is 0.117 e. The van der Waals surface area contributed by atoms with E-state index in [9.17, 15) is 0 Å². The second-order valence-electron chi connectivity index (χ2n) is 4.44. The van der Waals surface area contributed by atoms with Crippen LogP contribution in [0.1, 0.15) is 23.6 Å². The van der Waals surface area contributed by atoms with Crippen LogP contribution in [0.15, 0.2) is 38.7 Å². The van der Waals surface area contributed by atoms with Crippen LogP contribution in [-0.2, 0) is 6.54 Å². The number of rotatable bonds is 5. The number of thiophene rings is 1. The van der Waals surface area contributed by atoms with Crippen molar-refractivity contribution in [2.45, 2.75) is 25.6 Å². The summed E-state index contributed by atoms with van der Waals surface area (Å²) in [5.41, 5.74) is 6.13. The van der Waals surface area contributed by atoms with Crippen molar-refractivity contribution in [3.05, 3.63) is 45.0 Å². The van der Waals surface area contributed by atoms with Gasteiger partial charge in [-0.3, -0.25) is 4.90 Å². The smallest absolute Gasteiger partial charge is 0.117 e. The molecule has 0 aliphatic rings. The van der Waals surface area contributed by atoms with Gasteiger partial charge in [0.15, 0.2) is 0 Å². The molecule has 2 rings (SSSR count). The highest BCUT2D eigenvalue weighted by Gasteiger charge is 2.23. The second-order valence-corrected chi connectivity index (χ2v) is 6.93. The van der Waals surface area contributed by atoms with Gasteiger partial charge >= 0.3 is 0 Å². The molecule has 0 spiro atoms. The summed E-state index contributed by atoms with van der Waals surface area (Å²) >= 11 is 5.23. The Morgan fingerprint density at radius 1 is 1.44 bits per heavy atom. The van der Waals surface area contributed by atoms with Crippen LogP contribution in [0.3, 0.4) is 0 Å². The maximum absolute atomic E-state index is 6.13. The first-order valence-corrected chi connectivity index (χ1v) is 7.42. The van der Waals surface area contributed by atoms with Crippen LogP contribution in [0.4, 0.5) is 0 Å². The topological polar surface area (TPSA) is 42.4 Å². The lowest BCUT2D eigenvalue weighted by atomic mass is 10.1. The fourth-order valence-corrected chi connectivity index (χ4v) is 3.82. The highest BCUT2D eigenvalue weighted by molar-refractivity contribution is 9.11. The van der Waals surface area contributed by atoms with Gasteiger partial charge in [0.05, 0.1) is 22.6 Å². The minimum Gasteiger partial charge on any atom is -0.468 e. The normalized spacial score (nSPS) is 14.9. The second kappa shape index (κ2) is 6.02. The zero-order valence-electron chi connectivity index (χ0n) is 10.5. The molecule has 3 nitrogen and oxygen atoms in total. The molecular formula is C13H17BrN2OS. The fraction of sp³-hybridized carbons (Fsp3) is 0.385. The van der Waals surface area contributed by atoms with E-state index in [1.54, 1.807) is 17.6 Å². The van der Waals surface area contributed by atoms with Gasteiger partial charge in [0.25, 0.3) is 0 Å². The Morgan fingerprint density at radius 3 is 2.72 bits per heavy atom. The average molecular weight is 329 g/mol. The zero-order valence-corrected chi connectivity index (χ0v) is 12.9. The van der Waals surface area contributed by atoms with E-state index in [1.807, 2.05) is 19.1 Å². The van der Waals surface area contributed by atoms with E-state index in [-0.39, 0.29) is 12.1 Å². The molecule has 0 radical (unpaired) electrons. The summed E-state index contributed by atoms with van der Waals surface area (Å²) in [5.74, 6) is 0.957. The molecule has 0 aliphatic heterocycles. The van der Waals surface area contributed by atoms with Gasteiger partial charge < -0.3 is 10.2 Å². The zero-order chi connectivity index (χ0) is 13.1. The lowest BCUT2D eigenvalue weighted by Gasteiger charge is -2.29. The fourth-order valence-electron chi connectivity index (χ4n) is 2.11. The molecule has 0 fully saturated rings. The van der Waals surface area contributed by atoms with Crippen molar-refractivity contribution in [3.8, 4) is 0 Å². The standard InChI is InChI=1S/C13H17BrN2OS/c1-9(15)13(11-5-6-12(14)18-11)16(2)8-10-4-3-7-17-10/h3-7,9,13H,8,15H2,1-2H3. The summed E-state index contributed by atoms with van der Waals surface area (Å²) < 4.78 is 6.52. The van der Waals surface area contributed by atoms with Crippen molar-refractivity contribution in [2.75, 3.05) is 7.05 Å². The molecule has 0 saturated heterocycles. The molecule has 2 aromatic heterocycles. The largest absolute Gasteiger partial charge is 0.468 e. The quantitative estimate of drug-likeness (QED) is 0.911. The van der Waals surface area contributed by atoms with E-state index < -0.39 is 0 Å². The Labute approximate surface area is 120 Å². The van der Waals surface area contributed by atoms with Crippen molar-refractivity contribution in [2.24, 2.45) is 5.73 Å². The third kappa shape index (κ3) is 3.23. The molecule has 0 amide bonds. The number of likely N-dealkylation sites (N-methyl/N-ethyl adjacent to an activating group) is 1. The van der Waals surface area contributed by atoms with E-state index >= 15 is 0 Å². The minimum absolute atomic E-state index is 0.0653. The number of nitrogens with two attached hydrogens (primary N) is 1. The lowest BCUT2D eigenvalue weighted by molar-refractivity contribution is 0.199. The molecule has 0 aliphatic carbocycles. The summed E-state index contributed by atoms with van der Waals surface area (Å²) in [6.45, 7) is 2.80. The summed E-state index contributed by atoms with van der Waals surface area (Å²) in [7, 11) is 2.07. The molecule has 2 aromatic rings. The van der Waals surface area contributed by atoms with Gasteiger partial charge in [-0.25, -0.2) is 0 Å². The van der Waals surface area contributed by atoms with E-state index in [2.05, 4.69) is 40.0 Å². The van der Waals surface area contributed by atoms with Crippen molar-refractivity contribution in [3.63, 3.8) is 0 Å². The molecule has 98 valence electrons. The summed E-state index contributed by atoms with van der Waals surface area (Å²) in [4.78, 5) is 3.49. The van der Waals surface area contributed by atoms with Gasteiger partial charge in [0.2, 0.25) is 0 Å². The summed E-state index contributed by atoms with van der Waals surface area (Å²) in [5, 5.41) is 0. The van der Waals surface area contributed by atoms with Crippen molar-refractivity contribution in [1.29, 1.82) is 0 Å². The molecule has 0 bridgehead atoms. The van der Waals surface area contributed by atoms with Crippen LogP contribution in [0, 0.1) is 0 Å². The van der Waals surface area contributed by atoms with Gasteiger partial charge in [0, 0.05) is 10.9 Å². The number of hydrogen-bond acceptors (Lipinski definition) is 4. The van der Waals surface area contributed by atoms with Crippen LogP contribution >= 0.6 is 27.3 Å². The van der Waals surface area contributed by atoms with E-state index in [4.69, 9.17) is 10.2 Å². The lowest BCUT2D eigenvalue weighted by Crippen LogP contribution is -2.36. The van der Waals surface area contributed by atoms with Crippen LogP contribution in [0.2, 0.25) is 0 Å². The third-order valence-electron chi connectivity index (χ3n) is 2.84. The van der Waals surface area contributed by atoms with Gasteiger partial charge in [-0.05, 0) is 54.2 Å². The van der Waals surface area contributed by atoms with Gasteiger partial charge in [0.1, 0.15) is 5.76 Å². The molecule has 5 heteroatoms. The molecule has 2 unspecified atom stereocenters. The predicted octanol–water partition coefficient (Wildman–Crippen LogP) is 3.62. The molecule has 18 heavy (non-hydrogen) atoms. The van der Waals surface area contributed by atoms with E-state index in [0.717, 1.165) is 16.1 Å². The summed E-state index contributed by atoms with van der Waals surface area (Å²) in [6.07, 6.45) is 1.70. The van der Waals surface area contributed by atoms with Crippen LogP contribution < -0.4 is 5.73 Å². The van der Waals surface area contributed by atoms with E-state index in [0.29, 0.717) is 0 Å². The highest BCUT2D eigenvalue weighted by Crippen LogP contribution is 2.32. The Morgan fingerprint density at radius 2 is 2.22 bits per heavy atom. The highest BCUT2D eigenvalue weighted by atomic mass is 79.9. The average Bonchev–Trinajstić information content (AvgIpc) is 2.90. The Kier molecular flexibility index (Phi) is 4.61. The molecule has 2 atom stereocenters. The number of nitrogens with zero attached hydrogens (tertiary/aromatic N) is 1. The van der Waals surface area contributed by atoms with Crippen molar-refractivity contribution in [1.82, 2.24) is 4.90 Å². The first-order valence-electron chi connectivity index (χ1n) is 5.81. The number of furan rings is 1. The number of halogens is 1. The first-order chi connectivity index (χ1) is 8.58. The Bertz CT molecular complexity index is 481. The molecule has 2 N–H and O–H groups in total. The monoisotopic (exact) mass is 328 g/mol. The van der Waals surface area contributed by atoms with Crippen molar-refractivity contribution < 1.29 is 4.42 Å². The van der Waals surface area contributed by atoms with Gasteiger partial charge in [-0.2, -0.15) is 0 Å². The molecule has 0 aromatic carbocycles. The molecule has 2 heterocycles. The third-order valence-corrected chi connectivity index (χ3v) is 4.54.